The van der Waals surface area contributed by atoms with Gasteiger partial charge in [-0.25, -0.2) is 0 Å². The SMILES string of the molecule is Cc1ccc(C(=O)NCc2ccc(Br)s2)cc1Br. The maximum absolute atomic E-state index is 11.9. The number of carbonyl (C=O) groups is 1. The van der Waals surface area contributed by atoms with Crippen LogP contribution in [0.15, 0.2) is 38.6 Å². The molecule has 5 heteroatoms. The van der Waals surface area contributed by atoms with Gasteiger partial charge in [-0.2, -0.15) is 0 Å². The zero-order valence-electron chi connectivity index (χ0n) is 9.67. The molecule has 0 radical (unpaired) electrons. The minimum absolute atomic E-state index is 0.0553. The first-order valence-electron chi connectivity index (χ1n) is 5.35. The van der Waals surface area contributed by atoms with Crippen molar-refractivity contribution >= 4 is 49.1 Å². The highest BCUT2D eigenvalue weighted by molar-refractivity contribution is 9.11. The molecule has 0 saturated heterocycles. The molecule has 0 aliphatic heterocycles. The number of thiophene rings is 1. The van der Waals surface area contributed by atoms with Crippen LogP contribution in [0.1, 0.15) is 20.8 Å². The molecule has 0 aliphatic rings. The van der Waals surface area contributed by atoms with Crippen molar-refractivity contribution in [1.82, 2.24) is 5.32 Å². The number of hydrogen-bond acceptors (Lipinski definition) is 2. The maximum Gasteiger partial charge on any atom is 0.251 e. The van der Waals surface area contributed by atoms with Crippen LogP contribution in [0, 0.1) is 6.92 Å². The molecular formula is C13H11Br2NOS. The van der Waals surface area contributed by atoms with Gasteiger partial charge in [0.05, 0.1) is 10.3 Å². The summed E-state index contributed by atoms with van der Waals surface area (Å²) >= 11 is 8.45. The van der Waals surface area contributed by atoms with E-state index in [2.05, 4.69) is 37.2 Å². The summed E-state index contributed by atoms with van der Waals surface area (Å²) in [5.74, 6) is -0.0553. The van der Waals surface area contributed by atoms with E-state index in [9.17, 15) is 4.79 Å². The number of rotatable bonds is 3. The lowest BCUT2D eigenvalue weighted by Gasteiger charge is -2.05. The van der Waals surface area contributed by atoms with E-state index < -0.39 is 0 Å². The molecule has 0 spiro atoms. The number of hydrogen-bond donors (Lipinski definition) is 1. The van der Waals surface area contributed by atoms with Gasteiger partial charge < -0.3 is 5.32 Å². The maximum atomic E-state index is 11.9. The van der Waals surface area contributed by atoms with E-state index >= 15 is 0 Å². The lowest BCUT2D eigenvalue weighted by molar-refractivity contribution is 0.0951. The van der Waals surface area contributed by atoms with Crippen molar-refractivity contribution in [3.8, 4) is 0 Å². The summed E-state index contributed by atoms with van der Waals surface area (Å²) < 4.78 is 2.03. The molecule has 1 heterocycles. The number of nitrogens with one attached hydrogen (secondary N) is 1. The van der Waals surface area contributed by atoms with Crippen LogP contribution < -0.4 is 5.32 Å². The Balaban J connectivity index is 2.01. The van der Waals surface area contributed by atoms with Crippen LogP contribution in [0.5, 0.6) is 0 Å². The quantitative estimate of drug-likeness (QED) is 0.823. The first kappa shape index (κ1) is 13.8. The number of benzene rings is 1. The summed E-state index contributed by atoms with van der Waals surface area (Å²) in [6.45, 7) is 2.55. The summed E-state index contributed by atoms with van der Waals surface area (Å²) in [5, 5.41) is 2.91. The lowest BCUT2D eigenvalue weighted by atomic mass is 10.1. The van der Waals surface area contributed by atoms with E-state index in [0.717, 1.165) is 18.7 Å². The van der Waals surface area contributed by atoms with E-state index in [0.29, 0.717) is 12.1 Å². The van der Waals surface area contributed by atoms with Crippen molar-refractivity contribution in [2.75, 3.05) is 0 Å². The smallest absolute Gasteiger partial charge is 0.251 e. The van der Waals surface area contributed by atoms with Gasteiger partial charge in [-0.05, 0) is 52.7 Å². The molecule has 18 heavy (non-hydrogen) atoms. The topological polar surface area (TPSA) is 29.1 Å². The largest absolute Gasteiger partial charge is 0.347 e. The van der Waals surface area contributed by atoms with Crippen LogP contribution in [0.3, 0.4) is 0 Å². The standard InChI is InChI=1S/C13H11Br2NOS/c1-8-2-3-9(6-11(8)14)13(17)16-7-10-4-5-12(15)18-10/h2-6H,7H2,1H3,(H,16,17). The Labute approximate surface area is 127 Å². The van der Waals surface area contributed by atoms with Gasteiger partial charge in [0.2, 0.25) is 0 Å². The number of carbonyl (C=O) groups excluding carboxylic acids is 1. The molecule has 2 rings (SSSR count). The van der Waals surface area contributed by atoms with Gasteiger partial charge in [0.25, 0.3) is 5.91 Å². The van der Waals surface area contributed by atoms with Crippen molar-refractivity contribution in [2.24, 2.45) is 0 Å². The first-order valence-corrected chi connectivity index (χ1v) is 7.75. The van der Waals surface area contributed by atoms with E-state index in [1.807, 2.05) is 37.3 Å². The summed E-state index contributed by atoms with van der Waals surface area (Å²) in [6, 6.07) is 9.59. The van der Waals surface area contributed by atoms with E-state index in [-0.39, 0.29) is 5.91 Å². The molecule has 94 valence electrons. The van der Waals surface area contributed by atoms with E-state index in [4.69, 9.17) is 0 Å². The molecule has 1 aromatic heterocycles. The van der Waals surface area contributed by atoms with Gasteiger partial charge in [0, 0.05) is 14.9 Å². The molecule has 1 N–H and O–H groups in total. The predicted molar refractivity (Wildman–Crippen MR) is 82.1 cm³/mol. The third-order valence-corrected chi connectivity index (χ3v) is 4.96. The Hall–Kier alpha value is -0.650. The van der Waals surface area contributed by atoms with Crippen LogP contribution in [-0.4, -0.2) is 5.91 Å². The van der Waals surface area contributed by atoms with Crippen molar-refractivity contribution in [1.29, 1.82) is 0 Å². The van der Waals surface area contributed by atoms with Crippen LogP contribution in [-0.2, 0) is 6.54 Å². The van der Waals surface area contributed by atoms with Crippen molar-refractivity contribution in [3.63, 3.8) is 0 Å². The Morgan fingerprint density at radius 3 is 2.67 bits per heavy atom. The monoisotopic (exact) mass is 387 g/mol. The number of amides is 1. The first-order chi connectivity index (χ1) is 8.56. The molecular weight excluding hydrogens is 378 g/mol. The third-order valence-electron chi connectivity index (χ3n) is 2.49. The number of aryl methyl sites for hydroxylation is 1. The van der Waals surface area contributed by atoms with Gasteiger partial charge in [-0.1, -0.05) is 22.0 Å². The van der Waals surface area contributed by atoms with Crippen LogP contribution in [0.2, 0.25) is 0 Å². The Morgan fingerprint density at radius 1 is 1.28 bits per heavy atom. The molecule has 0 atom stereocenters. The summed E-state index contributed by atoms with van der Waals surface area (Å²) in [7, 11) is 0. The minimum Gasteiger partial charge on any atom is -0.347 e. The molecule has 0 bridgehead atoms. The Bertz CT molecular complexity index is 580. The third kappa shape index (κ3) is 3.43. The predicted octanol–water partition coefficient (Wildman–Crippen LogP) is 4.51. The molecule has 1 aromatic carbocycles. The fraction of sp³-hybridized carbons (Fsp3) is 0.154. The molecule has 0 fully saturated rings. The van der Waals surface area contributed by atoms with Gasteiger partial charge in [0.15, 0.2) is 0 Å². The van der Waals surface area contributed by atoms with Crippen LogP contribution in [0.25, 0.3) is 0 Å². The lowest BCUT2D eigenvalue weighted by Crippen LogP contribution is -2.22. The second-order valence-corrected chi connectivity index (χ2v) is 7.25. The summed E-state index contributed by atoms with van der Waals surface area (Å²) in [6.07, 6.45) is 0. The molecule has 0 saturated carbocycles. The minimum atomic E-state index is -0.0553. The molecule has 0 aliphatic carbocycles. The second-order valence-electron chi connectivity index (χ2n) is 3.85. The molecule has 2 nitrogen and oxygen atoms in total. The second kappa shape index (κ2) is 5.99. The highest BCUT2D eigenvalue weighted by Gasteiger charge is 2.07. The van der Waals surface area contributed by atoms with E-state index in [1.54, 1.807) is 11.3 Å². The Morgan fingerprint density at radius 2 is 2.06 bits per heavy atom. The zero-order chi connectivity index (χ0) is 13.1. The molecule has 0 unspecified atom stereocenters. The molecule has 1 amide bonds. The average Bonchev–Trinajstić information content (AvgIpc) is 2.75. The van der Waals surface area contributed by atoms with Crippen LogP contribution in [0.4, 0.5) is 0 Å². The van der Waals surface area contributed by atoms with Crippen LogP contribution >= 0.6 is 43.2 Å². The van der Waals surface area contributed by atoms with Gasteiger partial charge in [-0.15, -0.1) is 11.3 Å². The summed E-state index contributed by atoms with van der Waals surface area (Å²) in [5.41, 5.74) is 1.79. The average molecular weight is 389 g/mol. The molecule has 2 aromatic rings. The highest BCUT2D eigenvalue weighted by Crippen LogP contribution is 2.22. The highest BCUT2D eigenvalue weighted by atomic mass is 79.9. The van der Waals surface area contributed by atoms with Gasteiger partial charge in [-0.3, -0.25) is 4.79 Å². The fourth-order valence-electron chi connectivity index (χ4n) is 1.45. The van der Waals surface area contributed by atoms with Gasteiger partial charge >= 0.3 is 0 Å². The van der Waals surface area contributed by atoms with Crippen molar-refractivity contribution < 1.29 is 4.79 Å². The number of halogens is 2. The van der Waals surface area contributed by atoms with Gasteiger partial charge in [0.1, 0.15) is 0 Å². The summed E-state index contributed by atoms with van der Waals surface area (Å²) in [4.78, 5) is 13.1. The fourth-order valence-corrected chi connectivity index (χ4v) is 3.25. The zero-order valence-corrected chi connectivity index (χ0v) is 13.7. The Kier molecular flexibility index (Phi) is 4.59. The van der Waals surface area contributed by atoms with Crippen molar-refractivity contribution in [3.05, 3.63) is 54.6 Å². The van der Waals surface area contributed by atoms with E-state index in [1.165, 1.54) is 0 Å². The van der Waals surface area contributed by atoms with Crippen molar-refractivity contribution in [2.45, 2.75) is 13.5 Å². The normalized spacial score (nSPS) is 10.4.